The summed E-state index contributed by atoms with van der Waals surface area (Å²) in [5, 5.41) is 10.8. The van der Waals surface area contributed by atoms with E-state index in [4.69, 9.17) is 0 Å². The predicted molar refractivity (Wildman–Crippen MR) is 63.1 cm³/mol. The Kier molecular flexibility index (Phi) is 3.56. The highest BCUT2D eigenvalue weighted by atomic mass is 79.9. The maximum atomic E-state index is 12.9. The number of fused-ring (bicyclic) bond motifs is 1. The van der Waals surface area contributed by atoms with Gasteiger partial charge >= 0.3 is 5.95 Å². The second-order valence-corrected chi connectivity index (χ2v) is 4.43. The molecule has 4 nitrogen and oxygen atoms in total. The molecule has 1 aliphatic rings. The SMILES string of the molecule is CN1c2nccc[n+]2CC1(O)c1ccc(F)cc1.[Br-]. The molecular formula is C13H13BrFN3O. The number of nitrogens with zero attached hydrogens (tertiary/aromatic N) is 3. The van der Waals surface area contributed by atoms with E-state index in [1.165, 1.54) is 12.1 Å². The standard InChI is InChI=1S/C13H13FN3O.BrH/c1-16-12-15-7-2-8-17(12)9-13(16,18)10-3-5-11(14)6-4-10;/h2-8,18H,9H2,1H3;1H/q+1;/p-1. The van der Waals surface area contributed by atoms with Crippen LogP contribution < -0.4 is 26.4 Å². The van der Waals surface area contributed by atoms with Crippen molar-refractivity contribution in [1.82, 2.24) is 4.98 Å². The number of hydrogen-bond donors (Lipinski definition) is 1. The molecule has 2 heterocycles. The molecule has 19 heavy (non-hydrogen) atoms. The minimum Gasteiger partial charge on any atom is -1.00 e. The van der Waals surface area contributed by atoms with Gasteiger partial charge in [0.2, 0.25) is 5.72 Å². The number of likely N-dealkylation sites (N-methyl/N-ethyl adjacent to an activating group) is 1. The quantitative estimate of drug-likeness (QED) is 0.605. The first-order valence-corrected chi connectivity index (χ1v) is 5.68. The van der Waals surface area contributed by atoms with Gasteiger partial charge in [-0.05, 0) is 24.3 Å². The minimum atomic E-state index is -1.19. The van der Waals surface area contributed by atoms with Crippen LogP contribution in [0.4, 0.5) is 10.3 Å². The van der Waals surface area contributed by atoms with Gasteiger partial charge in [-0.25, -0.2) is 13.9 Å². The van der Waals surface area contributed by atoms with Gasteiger partial charge in [0.25, 0.3) is 0 Å². The van der Waals surface area contributed by atoms with Gasteiger partial charge < -0.3 is 22.1 Å². The highest BCUT2D eigenvalue weighted by Gasteiger charge is 2.49. The van der Waals surface area contributed by atoms with Crippen molar-refractivity contribution in [2.24, 2.45) is 0 Å². The first-order valence-electron chi connectivity index (χ1n) is 5.68. The van der Waals surface area contributed by atoms with E-state index in [-0.39, 0.29) is 22.8 Å². The molecule has 0 saturated carbocycles. The van der Waals surface area contributed by atoms with Crippen molar-refractivity contribution < 1.29 is 31.0 Å². The van der Waals surface area contributed by atoms with Crippen LogP contribution in [0.2, 0.25) is 0 Å². The summed E-state index contributed by atoms with van der Waals surface area (Å²) in [6, 6.07) is 7.70. The van der Waals surface area contributed by atoms with E-state index in [1.54, 1.807) is 30.3 Å². The average Bonchev–Trinajstić information content (AvgIpc) is 2.64. The van der Waals surface area contributed by atoms with Crippen LogP contribution >= 0.6 is 0 Å². The molecule has 0 aliphatic carbocycles. The Labute approximate surface area is 120 Å². The smallest absolute Gasteiger partial charge is 0.396 e. The highest BCUT2D eigenvalue weighted by molar-refractivity contribution is 5.36. The Bertz CT molecular complexity index is 593. The Morgan fingerprint density at radius 2 is 2.05 bits per heavy atom. The highest BCUT2D eigenvalue weighted by Crippen LogP contribution is 2.31. The van der Waals surface area contributed by atoms with Crippen LogP contribution in [0, 0.1) is 5.82 Å². The van der Waals surface area contributed by atoms with Crippen LogP contribution in [0.3, 0.4) is 0 Å². The molecule has 1 unspecified atom stereocenters. The fourth-order valence-electron chi connectivity index (χ4n) is 2.31. The molecule has 0 amide bonds. The molecule has 0 bridgehead atoms. The van der Waals surface area contributed by atoms with Gasteiger partial charge in [0.15, 0.2) is 0 Å². The summed E-state index contributed by atoms with van der Waals surface area (Å²) in [5.41, 5.74) is -0.536. The number of hydrogen-bond acceptors (Lipinski definition) is 3. The molecule has 100 valence electrons. The maximum absolute atomic E-state index is 12.9. The largest absolute Gasteiger partial charge is 1.00 e. The van der Waals surface area contributed by atoms with E-state index >= 15 is 0 Å². The lowest BCUT2D eigenvalue weighted by atomic mass is 10.0. The second kappa shape index (κ2) is 4.86. The van der Waals surface area contributed by atoms with Crippen LogP contribution in [-0.4, -0.2) is 17.1 Å². The van der Waals surface area contributed by atoms with Crippen molar-refractivity contribution in [3.8, 4) is 0 Å². The van der Waals surface area contributed by atoms with Gasteiger partial charge in [-0.2, -0.15) is 0 Å². The zero-order chi connectivity index (χ0) is 12.8. The van der Waals surface area contributed by atoms with Crippen LogP contribution in [0.1, 0.15) is 5.56 Å². The Balaban J connectivity index is 0.00000133. The number of aliphatic hydroxyl groups is 1. The molecule has 1 atom stereocenters. The van der Waals surface area contributed by atoms with Gasteiger partial charge in [0.05, 0.1) is 13.2 Å². The molecule has 2 aromatic rings. The van der Waals surface area contributed by atoms with E-state index in [0.29, 0.717) is 18.1 Å². The third kappa shape index (κ3) is 2.11. The van der Waals surface area contributed by atoms with Crippen molar-refractivity contribution in [2.45, 2.75) is 12.3 Å². The number of halogens is 2. The van der Waals surface area contributed by atoms with Crippen LogP contribution in [0.15, 0.2) is 42.7 Å². The molecule has 1 aromatic heterocycles. The van der Waals surface area contributed by atoms with Crippen LogP contribution in [0.5, 0.6) is 0 Å². The van der Waals surface area contributed by atoms with Gasteiger partial charge in [0.1, 0.15) is 18.6 Å². The summed E-state index contributed by atoms with van der Waals surface area (Å²) >= 11 is 0. The molecule has 0 radical (unpaired) electrons. The summed E-state index contributed by atoms with van der Waals surface area (Å²) in [5.74, 6) is 0.371. The summed E-state index contributed by atoms with van der Waals surface area (Å²) in [7, 11) is 1.77. The summed E-state index contributed by atoms with van der Waals surface area (Å²) in [6.45, 7) is 0.373. The number of benzene rings is 1. The molecule has 0 fully saturated rings. The topological polar surface area (TPSA) is 40.2 Å². The fourth-order valence-corrected chi connectivity index (χ4v) is 2.31. The lowest BCUT2D eigenvalue weighted by Gasteiger charge is -2.25. The van der Waals surface area contributed by atoms with Crippen LogP contribution in [0.25, 0.3) is 0 Å². The lowest BCUT2D eigenvalue weighted by Crippen LogP contribution is -3.00. The van der Waals surface area contributed by atoms with E-state index in [9.17, 15) is 9.50 Å². The normalized spacial score (nSPS) is 20.9. The lowest BCUT2D eigenvalue weighted by molar-refractivity contribution is -0.685. The van der Waals surface area contributed by atoms with Crippen molar-refractivity contribution in [3.05, 3.63) is 54.1 Å². The summed E-state index contributed by atoms with van der Waals surface area (Å²) in [6.07, 6.45) is 3.54. The summed E-state index contributed by atoms with van der Waals surface area (Å²) < 4.78 is 14.8. The Hall–Kier alpha value is -1.53. The van der Waals surface area contributed by atoms with Gasteiger partial charge in [-0.15, -0.1) is 0 Å². The van der Waals surface area contributed by atoms with Crippen LogP contribution in [-0.2, 0) is 12.3 Å². The average molecular weight is 326 g/mol. The fraction of sp³-hybridized carbons (Fsp3) is 0.231. The van der Waals surface area contributed by atoms with E-state index in [0.717, 1.165) is 0 Å². The predicted octanol–water partition coefficient (Wildman–Crippen LogP) is -2.19. The van der Waals surface area contributed by atoms with Gasteiger partial charge in [0, 0.05) is 11.6 Å². The molecular weight excluding hydrogens is 313 g/mol. The molecule has 0 spiro atoms. The second-order valence-electron chi connectivity index (χ2n) is 4.43. The van der Waals surface area contributed by atoms with Gasteiger partial charge in [-0.3, -0.25) is 0 Å². The molecule has 6 heteroatoms. The first-order chi connectivity index (χ1) is 8.61. The summed E-state index contributed by atoms with van der Waals surface area (Å²) in [4.78, 5) is 5.93. The van der Waals surface area contributed by atoms with Gasteiger partial charge in [-0.1, -0.05) is 4.98 Å². The third-order valence-corrected chi connectivity index (χ3v) is 3.35. The monoisotopic (exact) mass is 325 g/mol. The Morgan fingerprint density at radius 3 is 2.68 bits per heavy atom. The van der Waals surface area contributed by atoms with Crippen molar-refractivity contribution >= 4 is 5.95 Å². The van der Waals surface area contributed by atoms with Crippen molar-refractivity contribution in [2.75, 3.05) is 11.9 Å². The van der Waals surface area contributed by atoms with E-state index in [1.807, 2.05) is 16.8 Å². The molecule has 0 saturated heterocycles. The molecule has 3 rings (SSSR count). The Morgan fingerprint density at radius 1 is 1.37 bits per heavy atom. The molecule has 1 aromatic carbocycles. The van der Waals surface area contributed by atoms with E-state index < -0.39 is 5.72 Å². The van der Waals surface area contributed by atoms with Crippen molar-refractivity contribution in [3.63, 3.8) is 0 Å². The minimum absolute atomic E-state index is 0. The maximum Gasteiger partial charge on any atom is 0.396 e. The zero-order valence-electron chi connectivity index (χ0n) is 10.3. The molecule has 1 N–H and O–H groups in total. The van der Waals surface area contributed by atoms with E-state index in [2.05, 4.69) is 4.98 Å². The third-order valence-electron chi connectivity index (χ3n) is 3.35. The number of aromatic nitrogens is 2. The first kappa shape index (κ1) is 13.9. The number of anilines is 1. The zero-order valence-corrected chi connectivity index (χ0v) is 11.9. The molecule has 1 aliphatic heterocycles. The number of rotatable bonds is 1. The van der Waals surface area contributed by atoms with Crippen molar-refractivity contribution in [1.29, 1.82) is 0 Å².